The molecule has 0 radical (unpaired) electrons. The summed E-state index contributed by atoms with van der Waals surface area (Å²) in [6.45, 7) is 0.651. The number of hydrogen-bond acceptors (Lipinski definition) is 4. The summed E-state index contributed by atoms with van der Waals surface area (Å²) in [6.07, 6.45) is -1.15. The van der Waals surface area contributed by atoms with Crippen LogP contribution in [-0.4, -0.2) is 48.6 Å². The Labute approximate surface area is 105 Å². The number of carbonyl (C=O) groups excluding carboxylic acids is 1. The van der Waals surface area contributed by atoms with E-state index in [1.54, 1.807) is 12.1 Å². The van der Waals surface area contributed by atoms with Gasteiger partial charge >= 0.3 is 0 Å². The van der Waals surface area contributed by atoms with Crippen LogP contribution in [-0.2, 0) is 9.47 Å². The van der Waals surface area contributed by atoms with Gasteiger partial charge in [-0.1, -0.05) is 18.2 Å². The lowest BCUT2D eigenvalue weighted by Crippen LogP contribution is -2.44. The molecule has 96 valence electrons. The van der Waals surface area contributed by atoms with Crippen molar-refractivity contribution >= 4 is 5.91 Å². The van der Waals surface area contributed by atoms with Crippen LogP contribution in [0.5, 0.6) is 0 Å². The van der Waals surface area contributed by atoms with Gasteiger partial charge in [0.1, 0.15) is 18.3 Å². The fourth-order valence-corrected chi connectivity index (χ4v) is 2.44. The van der Waals surface area contributed by atoms with E-state index in [1.807, 2.05) is 18.2 Å². The second kappa shape index (κ2) is 4.68. The molecule has 0 spiro atoms. The fraction of sp³-hybridized carbons (Fsp3) is 0.462. The van der Waals surface area contributed by atoms with Gasteiger partial charge in [0.2, 0.25) is 0 Å². The number of ether oxygens (including phenoxy) is 2. The van der Waals surface area contributed by atoms with E-state index in [1.165, 1.54) is 0 Å². The predicted molar refractivity (Wildman–Crippen MR) is 63.2 cm³/mol. The molecular weight excluding hydrogens is 234 g/mol. The van der Waals surface area contributed by atoms with Gasteiger partial charge in [0.05, 0.1) is 19.3 Å². The monoisotopic (exact) mass is 249 g/mol. The molecule has 0 bridgehead atoms. The SMILES string of the molecule is O=C(N[C@@H]1CO[C@@H]2[C@@H]1OC[C@H]2O)c1ccccc1. The number of amides is 1. The lowest BCUT2D eigenvalue weighted by atomic mass is 10.1. The summed E-state index contributed by atoms with van der Waals surface area (Å²) in [7, 11) is 0. The van der Waals surface area contributed by atoms with Gasteiger partial charge in [-0.2, -0.15) is 0 Å². The van der Waals surface area contributed by atoms with Crippen LogP contribution in [0.15, 0.2) is 30.3 Å². The minimum atomic E-state index is -0.589. The molecule has 18 heavy (non-hydrogen) atoms. The summed E-state index contributed by atoms with van der Waals surface area (Å²) in [5.74, 6) is -0.144. The Balaban J connectivity index is 1.66. The molecule has 1 aromatic carbocycles. The normalized spacial score (nSPS) is 34.3. The number of benzene rings is 1. The van der Waals surface area contributed by atoms with E-state index in [2.05, 4.69) is 5.32 Å². The third-order valence-electron chi connectivity index (χ3n) is 3.38. The molecule has 2 fully saturated rings. The number of carbonyl (C=O) groups is 1. The van der Waals surface area contributed by atoms with E-state index in [0.717, 1.165) is 0 Å². The highest BCUT2D eigenvalue weighted by molar-refractivity contribution is 5.94. The number of fused-ring (bicyclic) bond motifs is 1. The van der Waals surface area contributed by atoms with Gasteiger partial charge in [0, 0.05) is 5.56 Å². The number of hydrogen-bond donors (Lipinski definition) is 2. The molecule has 0 unspecified atom stereocenters. The molecule has 5 nitrogen and oxygen atoms in total. The highest BCUT2D eigenvalue weighted by Crippen LogP contribution is 2.27. The summed E-state index contributed by atoms with van der Waals surface area (Å²) in [5, 5.41) is 12.5. The zero-order valence-corrected chi connectivity index (χ0v) is 9.78. The van der Waals surface area contributed by atoms with Crippen LogP contribution in [0.3, 0.4) is 0 Å². The Bertz CT molecular complexity index is 436. The zero-order chi connectivity index (χ0) is 12.5. The van der Waals surface area contributed by atoms with Crippen molar-refractivity contribution in [1.29, 1.82) is 0 Å². The van der Waals surface area contributed by atoms with Crippen LogP contribution in [0.25, 0.3) is 0 Å². The predicted octanol–water partition coefficient (Wildman–Crippen LogP) is -0.0565. The largest absolute Gasteiger partial charge is 0.388 e. The Morgan fingerprint density at radius 2 is 1.89 bits per heavy atom. The van der Waals surface area contributed by atoms with Crippen LogP contribution in [0, 0.1) is 0 Å². The van der Waals surface area contributed by atoms with E-state index < -0.39 is 6.10 Å². The molecule has 0 aliphatic carbocycles. The first kappa shape index (κ1) is 11.6. The number of aliphatic hydroxyl groups is 1. The van der Waals surface area contributed by atoms with Crippen LogP contribution in [0.1, 0.15) is 10.4 Å². The van der Waals surface area contributed by atoms with E-state index in [4.69, 9.17) is 9.47 Å². The third kappa shape index (κ3) is 2.01. The van der Waals surface area contributed by atoms with Crippen molar-refractivity contribution < 1.29 is 19.4 Å². The van der Waals surface area contributed by atoms with Crippen molar-refractivity contribution in [3.8, 4) is 0 Å². The van der Waals surface area contributed by atoms with Crippen LogP contribution >= 0.6 is 0 Å². The zero-order valence-electron chi connectivity index (χ0n) is 9.78. The smallest absolute Gasteiger partial charge is 0.251 e. The number of aliphatic hydroxyl groups excluding tert-OH is 1. The van der Waals surface area contributed by atoms with Crippen molar-refractivity contribution in [3.63, 3.8) is 0 Å². The van der Waals surface area contributed by atoms with E-state index in [0.29, 0.717) is 12.2 Å². The fourth-order valence-electron chi connectivity index (χ4n) is 2.44. The van der Waals surface area contributed by atoms with Crippen molar-refractivity contribution in [2.24, 2.45) is 0 Å². The Hall–Kier alpha value is -1.43. The third-order valence-corrected chi connectivity index (χ3v) is 3.38. The Morgan fingerprint density at radius 1 is 1.17 bits per heavy atom. The molecule has 2 aliphatic rings. The topological polar surface area (TPSA) is 67.8 Å². The van der Waals surface area contributed by atoms with Crippen LogP contribution < -0.4 is 5.32 Å². The molecule has 2 saturated heterocycles. The van der Waals surface area contributed by atoms with E-state index >= 15 is 0 Å². The molecular formula is C13H15NO4. The van der Waals surface area contributed by atoms with Crippen molar-refractivity contribution in [2.45, 2.75) is 24.4 Å². The quantitative estimate of drug-likeness (QED) is 0.770. The van der Waals surface area contributed by atoms with Gasteiger partial charge in [0.15, 0.2) is 0 Å². The second-order valence-electron chi connectivity index (χ2n) is 4.61. The summed E-state index contributed by atoms with van der Waals surface area (Å²) >= 11 is 0. The number of nitrogens with one attached hydrogen (secondary N) is 1. The lowest BCUT2D eigenvalue weighted by Gasteiger charge is -2.17. The molecule has 3 rings (SSSR count). The average molecular weight is 249 g/mol. The first-order valence-electron chi connectivity index (χ1n) is 6.03. The van der Waals surface area contributed by atoms with Crippen LogP contribution in [0.4, 0.5) is 0 Å². The summed E-state index contributed by atoms with van der Waals surface area (Å²) in [6, 6.07) is 8.82. The van der Waals surface area contributed by atoms with E-state index in [9.17, 15) is 9.90 Å². The van der Waals surface area contributed by atoms with Gasteiger partial charge < -0.3 is 19.9 Å². The maximum Gasteiger partial charge on any atom is 0.251 e. The molecule has 2 N–H and O–H groups in total. The maximum absolute atomic E-state index is 12.0. The van der Waals surface area contributed by atoms with Crippen molar-refractivity contribution in [3.05, 3.63) is 35.9 Å². The molecule has 5 heteroatoms. The van der Waals surface area contributed by atoms with Gasteiger partial charge in [-0.05, 0) is 12.1 Å². The Morgan fingerprint density at radius 3 is 2.67 bits per heavy atom. The maximum atomic E-state index is 12.0. The summed E-state index contributed by atoms with van der Waals surface area (Å²) in [4.78, 5) is 12.0. The van der Waals surface area contributed by atoms with E-state index in [-0.39, 0.29) is 30.8 Å². The lowest BCUT2D eigenvalue weighted by molar-refractivity contribution is 0.0178. The molecule has 4 atom stereocenters. The molecule has 0 aromatic heterocycles. The highest BCUT2D eigenvalue weighted by Gasteiger charge is 2.47. The number of rotatable bonds is 2. The molecule has 2 heterocycles. The van der Waals surface area contributed by atoms with Gasteiger partial charge in [-0.15, -0.1) is 0 Å². The minimum Gasteiger partial charge on any atom is -0.388 e. The van der Waals surface area contributed by atoms with Gasteiger partial charge in [-0.25, -0.2) is 0 Å². The molecule has 0 saturated carbocycles. The minimum absolute atomic E-state index is 0.144. The Kier molecular flexibility index (Phi) is 3.03. The average Bonchev–Trinajstić information content (AvgIpc) is 2.95. The van der Waals surface area contributed by atoms with Gasteiger partial charge in [0.25, 0.3) is 5.91 Å². The molecule has 1 aromatic rings. The molecule has 2 aliphatic heterocycles. The highest BCUT2D eigenvalue weighted by atomic mass is 16.6. The first-order chi connectivity index (χ1) is 8.75. The van der Waals surface area contributed by atoms with Gasteiger partial charge in [-0.3, -0.25) is 4.79 Å². The first-order valence-corrected chi connectivity index (χ1v) is 6.03. The summed E-state index contributed by atoms with van der Waals surface area (Å²) in [5.41, 5.74) is 0.611. The standard InChI is InChI=1S/C13H15NO4/c15-10-7-18-11-9(6-17-12(10)11)14-13(16)8-4-2-1-3-5-8/h1-5,9-12,15H,6-7H2,(H,14,16)/t9-,10-,11-,12+/m1/s1. The molecule has 1 amide bonds. The second-order valence-corrected chi connectivity index (χ2v) is 4.61. The van der Waals surface area contributed by atoms with Crippen molar-refractivity contribution in [2.75, 3.05) is 13.2 Å². The van der Waals surface area contributed by atoms with Crippen molar-refractivity contribution in [1.82, 2.24) is 5.32 Å². The van der Waals surface area contributed by atoms with Crippen LogP contribution in [0.2, 0.25) is 0 Å². The summed E-state index contributed by atoms with van der Waals surface area (Å²) < 4.78 is 10.9.